The molecular weight excluding hydrogens is 336 g/mol. The van der Waals surface area contributed by atoms with Gasteiger partial charge in [0.2, 0.25) is 0 Å². The van der Waals surface area contributed by atoms with Gasteiger partial charge < -0.3 is 9.64 Å². The molecule has 1 aliphatic heterocycles. The van der Waals surface area contributed by atoms with Crippen LogP contribution >= 0.6 is 0 Å². The first-order valence-electron chi connectivity index (χ1n) is 8.20. The van der Waals surface area contributed by atoms with Crippen LogP contribution in [0.3, 0.4) is 0 Å². The number of hydrogen-bond donors (Lipinski definition) is 0. The number of aryl methyl sites for hydroxylation is 1. The highest BCUT2D eigenvalue weighted by Gasteiger charge is 2.27. The van der Waals surface area contributed by atoms with Crippen molar-refractivity contribution in [2.45, 2.75) is 19.8 Å². The first-order valence-corrected chi connectivity index (χ1v) is 8.20. The summed E-state index contributed by atoms with van der Waals surface area (Å²) in [6.07, 6.45) is 0.937. The maximum absolute atomic E-state index is 13.0. The maximum Gasteiger partial charge on any atom is 0.310 e. The smallest absolute Gasteiger partial charge is 0.310 e. The monoisotopic (exact) mass is 354 g/mol. The molecule has 0 saturated heterocycles. The molecule has 0 fully saturated rings. The minimum atomic E-state index is -0.560. The van der Waals surface area contributed by atoms with Gasteiger partial charge in [-0.1, -0.05) is 11.6 Å². The molecule has 0 unspecified atom stereocenters. The highest BCUT2D eigenvalue weighted by molar-refractivity contribution is 6.12. The highest BCUT2D eigenvalue weighted by atomic mass is 16.6. The van der Waals surface area contributed by atoms with Crippen molar-refractivity contribution in [3.05, 3.63) is 63.2 Å². The van der Waals surface area contributed by atoms with Crippen molar-refractivity contribution in [1.29, 1.82) is 0 Å². The zero-order valence-corrected chi connectivity index (χ0v) is 14.5. The molecule has 0 bridgehead atoms. The van der Waals surface area contributed by atoms with E-state index < -0.39 is 4.92 Å². The fourth-order valence-electron chi connectivity index (χ4n) is 3.09. The molecule has 0 aromatic heterocycles. The van der Waals surface area contributed by atoms with Gasteiger partial charge in [-0.25, -0.2) is 0 Å². The van der Waals surface area contributed by atoms with Gasteiger partial charge in [-0.2, -0.15) is 0 Å². The number of anilines is 1. The summed E-state index contributed by atoms with van der Waals surface area (Å²) in [5, 5.41) is 11.0. The molecule has 0 N–H and O–H groups in total. The second-order valence-corrected chi connectivity index (χ2v) is 6.15. The van der Waals surface area contributed by atoms with Gasteiger partial charge in [0.05, 0.1) is 17.7 Å². The minimum Gasteiger partial charge on any atom is -0.490 e. The van der Waals surface area contributed by atoms with Crippen LogP contribution in [0.2, 0.25) is 0 Å². The predicted molar refractivity (Wildman–Crippen MR) is 96.1 cm³/mol. The van der Waals surface area contributed by atoms with Crippen LogP contribution in [0.15, 0.2) is 36.4 Å². The van der Waals surface area contributed by atoms with Gasteiger partial charge >= 0.3 is 5.69 Å². The van der Waals surface area contributed by atoms with Gasteiger partial charge in [-0.3, -0.25) is 19.7 Å². The lowest BCUT2D eigenvalue weighted by Crippen LogP contribution is -2.31. The van der Waals surface area contributed by atoms with E-state index in [-0.39, 0.29) is 28.7 Å². The number of methoxy groups -OCH3 is 1. The van der Waals surface area contributed by atoms with Crippen LogP contribution in [-0.4, -0.2) is 30.3 Å². The first-order chi connectivity index (χ1) is 12.4. The van der Waals surface area contributed by atoms with Crippen LogP contribution in [0.25, 0.3) is 0 Å². The number of benzene rings is 2. The molecule has 1 aliphatic rings. The molecular formula is C19H18N2O5. The topological polar surface area (TPSA) is 89.8 Å². The van der Waals surface area contributed by atoms with Crippen LogP contribution in [0.4, 0.5) is 11.4 Å². The Bertz CT molecular complexity index is 907. The van der Waals surface area contributed by atoms with E-state index in [0.29, 0.717) is 30.6 Å². The number of fused-ring (bicyclic) bond motifs is 1. The number of ketones is 1. The third-order valence-corrected chi connectivity index (χ3v) is 4.40. The molecule has 0 saturated carbocycles. The molecule has 0 spiro atoms. The summed E-state index contributed by atoms with van der Waals surface area (Å²) in [5.41, 5.74) is 2.12. The van der Waals surface area contributed by atoms with Crippen molar-refractivity contribution >= 4 is 23.1 Å². The Hall–Kier alpha value is -3.22. The molecule has 134 valence electrons. The summed E-state index contributed by atoms with van der Waals surface area (Å²) in [5.74, 6) is -0.283. The molecule has 26 heavy (non-hydrogen) atoms. The number of nitrogens with zero attached hydrogens (tertiary/aromatic N) is 2. The fraction of sp³-hybridized carbons (Fsp3) is 0.263. The number of amides is 1. The predicted octanol–water partition coefficient (Wildman–Crippen LogP) is 3.54. The molecule has 1 amide bonds. The number of nitro groups is 1. The van der Waals surface area contributed by atoms with Gasteiger partial charge in [0.1, 0.15) is 0 Å². The van der Waals surface area contributed by atoms with E-state index in [4.69, 9.17) is 4.74 Å². The Balaban J connectivity index is 2.04. The largest absolute Gasteiger partial charge is 0.490 e. The van der Waals surface area contributed by atoms with Crippen LogP contribution in [0.5, 0.6) is 5.75 Å². The van der Waals surface area contributed by atoms with E-state index in [1.54, 1.807) is 17.0 Å². The van der Waals surface area contributed by atoms with E-state index in [0.717, 1.165) is 5.56 Å². The van der Waals surface area contributed by atoms with E-state index in [1.807, 2.05) is 13.0 Å². The van der Waals surface area contributed by atoms with Crippen LogP contribution in [-0.2, 0) is 0 Å². The van der Waals surface area contributed by atoms with E-state index in [2.05, 4.69) is 0 Å². The Labute approximate surface area is 150 Å². The fourth-order valence-corrected chi connectivity index (χ4v) is 3.09. The Morgan fingerprint density at radius 2 is 2.00 bits per heavy atom. The van der Waals surface area contributed by atoms with Gasteiger partial charge in [-0.15, -0.1) is 0 Å². The SMILES string of the molecule is COc1cc(C(=O)N2CCCC(=O)c3cc(C)ccc32)ccc1[N+](=O)[O-]. The zero-order valence-electron chi connectivity index (χ0n) is 14.5. The van der Waals surface area contributed by atoms with Crippen molar-refractivity contribution in [2.75, 3.05) is 18.6 Å². The second-order valence-electron chi connectivity index (χ2n) is 6.15. The summed E-state index contributed by atoms with van der Waals surface area (Å²) in [6.45, 7) is 2.30. The Morgan fingerprint density at radius 3 is 2.69 bits per heavy atom. The van der Waals surface area contributed by atoms with E-state index in [1.165, 1.54) is 25.3 Å². The number of Topliss-reactive ketones (excluding diaryl/α,β-unsaturated/α-hetero) is 1. The van der Waals surface area contributed by atoms with Gasteiger partial charge in [0.15, 0.2) is 11.5 Å². The summed E-state index contributed by atoms with van der Waals surface area (Å²) in [7, 11) is 1.32. The number of ether oxygens (including phenoxy) is 1. The average Bonchev–Trinajstić information content (AvgIpc) is 2.79. The summed E-state index contributed by atoms with van der Waals surface area (Å²) < 4.78 is 5.05. The molecule has 3 rings (SSSR count). The average molecular weight is 354 g/mol. The van der Waals surface area contributed by atoms with Gasteiger partial charge in [0.25, 0.3) is 5.91 Å². The molecule has 7 heteroatoms. The second kappa shape index (κ2) is 6.95. The molecule has 7 nitrogen and oxygen atoms in total. The number of rotatable bonds is 3. The van der Waals surface area contributed by atoms with Crippen molar-refractivity contribution in [3.8, 4) is 5.75 Å². The van der Waals surface area contributed by atoms with Crippen LogP contribution in [0, 0.1) is 17.0 Å². The van der Waals surface area contributed by atoms with Crippen molar-refractivity contribution in [2.24, 2.45) is 0 Å². The van der Waals surface area contributed by atoms with Crippen LogP contribution in [0.1, 0.15) is 39.1 Å². The zero-order chi connectivity index (χ0) is 18.8. The third-order valence-electron chi connectivity index (χ3n) is 4.40. The lowest BCUT2D eigenvalue weighted by Gasteiger charge is -2.23. The number of carbonyl (C=O) groups excluding carboxylic acids is 2. The van der Waals surface area contributed by atoms with Crippen molar-refractivity contribution in [1.82, 2.24) is 0 Å². The maximum atomic E-state index is 13.0. The molecule has 2 aromatic rings. The molecule has 0 aliphatic carbocycles. The van der Waals surface area contributed by atoms with Crippen molar-refractivity contribution in [3.63, 3.8) is 0 Å². The van der Waals surface area contributed by atoms with Crippen LogP contribution < -0.4 is 9.64 Å². The van der Waals surface area contributed by atoms with Gasteiger partial charge in [0, 0.05) is 36.2 Å². The number of carbonyl (C=O) groups is 2. The highest BCUT2D eigenvalue weighted by Crippen LogP contribution is 2.31. The Morgan fingerprint density at radius 1 is 1.23 bits per heavy atom. The Kier molecular flexibility index (Phi) is 4.71. The molecule has 0 radical (unpaired) electrons. The van der Waals surface area contributed by atoms with E-state index in [9.17, 15) is 19.7 Å². The molecule has 1 heterocycles. The lowest BCUT2D eigenvalue weighted by molar-refractivity contribution is -0.385. The van der Waals surface area contributed by atoms with Crippen molar-refractivity contribution < 1.29 is 19.2 Å². The minimum absolute atomic E-state index is 0.0141. The summed E-state index contributed by atoms with van der Waals surface area (Å²) >= 11 is 0. The first kappa shape index (κ1) is 17.6. The third kappa shape index (κ3) is 3.15. The number of nitro benzene ring substituents is 1. The number of hydrogen-bond acceptors (Lipinski definition) is 5. The summed E-state index contributed by atoms with van der Waals surface area (Å²) in [4.78, 5) is 37.4. The molecule has 0 atom stereocenters. The van der Waals surface area contributed by atoms with E-state index >= 15 is 0 Å². The van der Waals surface area contributed by atoms with Gasteiger partial charge in [-0.05, 0) is 31.5 Å². The molecule has 2 aromatic carbocycles. The normalized spacial score (nSPS) is 13.8. The quantitative estimate of drug-likeness (QED) is 0.621. The summed E-state index contributed by atoms with van der Waals surface area (Å²) in [6, 6.07) is 9.44. The standard InChI is InChI=1S/C19H18N2O5/c1-12-5-7-15-14(10-12)17(22)4-3-9-20(15)19(23)13-6-8-16(21(24)25)18(11-13)26-2/h5-8,10-11H,3-4,9H2,1-2H3. The lowest BCUT2D eigenvalue weighted by atomic mass is 10.0.